The summed E-state index contributed by atoms with van der Waals surface area (Å²) in [5.74, 6) is -2.40. The number of benzene rings is 2. The minimum absolute atomic E-state index is 0. The topological polar surface area (TPSA) is 104 Å². The maximum absolute atomic E-state index is 13.4. The first-order valence-corrected chi connectivity index (χ1v) is 12.5. The molecule has 0 radical (unpaired) electrons. The van der Waals surface area contributed by atoms with E-state index < -0.39 is 52.4 Å². The molecule has 8 nitrogen and oxygen atoms in total. The molecule has 1 aliphatic carbocycles. The predicted molar refractivity (Wildman–Crippen MR) is 137 cm³/mol. The number of fused-ring (bicyclic) bond motifs is 2. The van der Waals surface area contributed by atoms with Crippen LogP contribution in [0.1, 0.15) is 37.8 Å². The average Bonchev–Trinajstić information content (AvgIpc) is 3.37. The number of hydrogen-bond donors (Lipinski definition) is 1. The van der Waals surface area contributed by atoms with Crippen LogP contribution in [0.5, 0.6) is 5.75 Å². The molecular formula is C26H27N2NaO6S. The first-order chi connectivity index (χ1) is 16.7. The van der Waals surface area contributed by atoms with Gasteiger partial charge in [0, 0.05) is 10.4 Å². The van der Waals surface area contributed by atoms with Gasteiger partial charge in [0.2, 0.25) is 5.91 Å². The quantitative estimate of drug-likeness (QED) is 0.206. The molecule has 0 spiro atoms. The van der Waals surface area contributed by atoms with Gasteiger partial charge in [0.05, 0.1) is 0 Å². The molecule has 2 unspecified atom stereocenters. The number of aliphatic carboxylic acids is 1. The predicted octanol–water partition coefficient (Wildman–Crippen LogP) is 2.37. The molecule has 2 aromatic carbocycles. The number of β-lactam (4-membered cyclic amide) rings is 1. The summed E-state index contributed by atoms with van der Waals surface area (Å²) in [6.45, 7) is 3.56. The van der Waals surface area contributed by atoms with Crippen LogP contribution in [0.3, 0.4) is 0 Å². The number of aryl methyl sites for hydroxylation is 2. The summed E-state index contributed by atoms with van der Waals surface area (Å²) in [5, 5.41) is 9.19. The van der Waals surface area contributed by atoms with Gasteiger partial charge < -0.3 is 14.7 Å². The molecule has 10 heteroatoms. The fraction of sp³-hybridized carbons (Fsp3) is 0.385. The Kier molecular flexibility index (Phi) is 7.57. The number of carboxylic acids is 1. The zero-order valence-electron chi connectivity index (χ0n) is 19.5. The second-order valence-corrected chi connectivity index (χ2v) is 11.3. The number of hydrogen-bond acceptors (Lipinski definition) is 6. The summed E-state index contributed by atoms with van der Waals surface area (Å²) in [7, 11) is 0. The molecule has 2 heterocycles. The summed E-state index contributed by atoms with van der Waals surface area (Å²) in [5.41, 5.74) is 2.88. The summed E-state index contributed by atoms with van der Waals surface area (Å²) < 4.78 is 4.73. The van der Waals surface area contributed by atoms with Crippen molar-refractivity contribution in [1.29, 1.82) is 0 Å². The summed E-state index contributed by atoms with van der Waals surface area (Å²) in [6, 6.07) is 12.3. The Hall–Kier alpha value is -2.33. The number of amides is 2. The van der Waals surface area contributed by atoms with Crippen molar-refractivity contribution in [2.24, 2.45) is 0 Å². The SMILES string of the molecule is CC1(C)S[C@@H]2C(N(C(=O)CC(=O)Oc3ccc4c(c3)CCC4)c3ccccc3)C(=O)N2C1C(=O)O.[NaH]. The summed E-state index contributed by atoms with van der Waals surface area (Å²) in [4.78, 5) is 53.8. The number of nitrogens with zero attached hydrogens (tertiary/aromatic N) is 2. The van der Waals surface area contributed by atoms with E-state index in [-0.39, 0.29) is 29.6 Å². The van der Waals surface area contributed by atoms with E-state index in [2.05, 4.69) is 0 Å². The molecule has 184 valence electrons. The standard InChI is InChI=1S/C26H26N2O6S.Na.H/c1-26(2)22(25(32)33)28-23(31)21(24(28)35-26)27(17-9-4-3-5-10-17)19(29)14-20(30)34-18-12-11-15-7-6-8-16(15)13-18;;/h3-5,9-13,21-22,24H,6-8,14H2,1-2H3,(H,32,33);;/t21?,22?,24-;;/m1../s1. The van der Waals surface area contributed by atoms with Gasteiger partial charge in [-0.05, 0) is 68.5 Å². The van der Waals surface area contributed by atoms with Crippen LogP contribution in [0, 0.1) is 0 Å². The van der Waals surface area contributed by atoms with Crippen molar-refractivity contribution in [2.45, 2.75) is 61.7 Å². The Morgan fingerprint density at radius 1 is 1.11 bits per heavy atom. The number of carbonyl (C=O) groups is 4. The van der Waals surface area contributed by atoms with Gasteiger partial charge in [-0.2, -0.15) is 0 Å². The molecule has 1 N–H and O–H groups in total. The average molecular weight is 519 g/mol. The number of anilines is 1. The van der Waals surface area contributed by atoms with Crippen molar-refractivity contribution in [1.82, 2.24) is 4.90 Å². The van der Waals surface area contributed by atoms with Gasteiger partial charge in [-0.3, -0.25) is 19.3 Å². The van der Waals surface area contributed by atoms with Crippen molar-refractivity contribution in [2.75, 3.05) is 4.90 Å². The van der Waals surface area contributed by atoms with Crippen molar-refractivity contribution in [3.8, 4) is 5.75 Å². The minimum atomic E-state index is -1.08. The number of para-hydroxylation sites is 1. The molecule has 2 amide bonds. The molecule has 2 saturated heterocycles. The number of thioether (sulfide) groups is 1. The van der Waals surface area contributed by atoms with Gasteiger partial charge in [0.15, 0.2) is 0 Å². The molecule has 2 aliphatic heterocycles. The van der Waals surface area contributed by atoms with Gasteiger partial charge in [0.25, 0.3) is 5.91 Å². The van der Waals surface area contributed by atoms with Crippen LogP contribution in [0.4, 0.5) is 5.69 Å². The summed E-state index contributed by atoms with van der Waals surface area (Å²) in [6.07, 6.45) is 2.48. The monoisotopic (exact) mass is 518 g/mol. The molecule has 2 fully saturated rings. The molecule has 0 saturated carbocycles. The van der Waals surface area contributed by atoms with E-state index in [1.165, 1.54) is 27.1 Å². The van der Waals surface area contributed by atoms with E-state index >= 15 is 0 Å². The maximum atomic E-state index is 13.4. The molecule has 0 bridgehead atoms. The Labute approximate surface area is 235 Å². The molecule has 36 heavy (non-hydrogen) atoms. The van der Waals surface area contributed by atoms with Gasteiger partial charge in [-0.15, -0.1) is 11.8 Å². The van der Waals surface area contributed by atoms with Crippen molar-refractivity contribution >= 4 is 70.8 Å². The number of rotatable bonds is 6. The van der Waals surface area contributed by atoms with E-state index in [1.54, 1.807) is 50.2 Å². The Morgan fingerprint density at radius 3 is 2.50 bits per heavy atom. The number of ether oxygens (including phenoxy) is 1. The van der Waals surface area contributed by atoms with Crippen LogP contribution in [0.2, 0.25) is 0 Å². The third-order valence-corrected chi connectivity index (χ3v) is 8.38. The Morgan fingerprint density at radius 2 is 1.81 bits per heavy atom. The van der Waals surface area contributed by atoms with Gasteiger partial charge in [-0.25, -0.2) is 4.79 Å². The van der Waals surface area contributed by atoms with E-state index in [4.69, 9.17) is 4.74 Å². The van der Waals surface area contributed by atoms with E-state index in [1.807, 2.05) is 12.1 Å². The Balaban J connectivity index is 0.00000304. The number of carboxylic acid groups (broad SMARTS) is 1. The Bertz CT molecular complexity index is 1220. The number of carbonyl (C=O) groups excluding carboxylic acids is 3. The zero-order valence-corrected chi connectivity index (χ0v) is 20.3. The van der Waals surface area contributed by atoms with Crippen LogP contribution in [0.25, 0.3) is 0 Å². The van der Waals surface area contributed by atoms with Crippen LogP contribution in [-0.4, -0.2) is 85.5 Å². The second kappa shape index (κ2) is 10.2. The first-order valence-electron chi connectivity index (χ1n) is 11.6. The molecule has 0 aromatic heterocycles. The fourth-order valence-electron chi connectivity index (χ4n) is 5.27. The van der Waals surface area contributed by atoms with Crippen molar-refractivity contribution < 1.29 is 29.0 Å². The third kappa shape index (κ3) is 4.69. The summed E-state index contributed by atoms with van der Waals surface area (Å²) >= 11 is 1.35. The van der Waals surface area contributed by atoms with Crippen LogP contribution >= 0.6 is 11.8 Å². The molecule has 3 aliphatic rings. The van der Waals surface area contributed by atoms with Gasteiger partial charge >= 0.3 is 41.5 Å². The second-order valence-electron chi connectivity index (χ2n) is 9.58. The van der Waals surface area contributed by atoms with Gasteiger partial charge in [-0.1, -0.05) is 24.3 Å². The fourth-order valence-corrected chi connectivity index (χ4v) is 6.94. The zero-order chi connectivity index (χ0) is 24.9. The normalized spacial score (nSPS) is 23.1. The molecule has 3 atom stereocenters. The third-order valence-electron chi connectivity index (χ3n) is 6.83. The number of esters is 1. The van der Waals surface area contributed by atoms with Crippen LogP contribution in [-0.2, 0) is 32.0 Å². The molecule has 5 rings (SSSR count). The van der Waals surface area contributed by atoms with Crippen LogP contribution in [0.15, 0.2) is 48.5 Å². The van der Waals surface area contributed by atoms with Crippen LogP contribution < -0.4 is 9.64 Å². The van der Waals surface area contributed by atoms with Gasteiger partial charge in [0.1, 0.15) is 29.6 Å². The van der Waals surface area contributed by atoms with E-state index in [0.717, 1.165) is 24.8 Å². The van der Waals surface area contributed by atoms with Crippen molar-refractivity contribution in [3.63, 3.8) is 0 Å². The first kappa shape index (κ1) is 26.7. The van der Waals surface area contributed by atoms with Crippen molar-refractivity contribution in [3.05, 3.63) is 59.7 Å². The van der Waals surface area contributed by atoms with E-state index in [0.29, 0.717) is 11.4 Å². The van der Waals surface area contributed by atoms with E-state index in [9.17, 15) is 24.3 Å². The molecule has 2 aromatic rings. The molecular weight excluding hydrogens is 491 g/mol.